The van der Waals surface area contributed by atoms with Crippen LogP contribution < -0.4 is 10.6 Å². The van der Waals surface area contributed by atoms with E-state index >= 15 is 0 Å². The Bertz CT molecular complexity index is 2030. The molecule has 3 N–H and O–H groups in total. The van der Waals surface area contributed by atoms with Crippen molar-refractivity contribution in [2.75, 3.05) is 17.3 Å². The highest BCUT2D eigenvalue weighted by molar-refractivity contribution is 7.99. The van der Waals surface area contributed by atoms with Crippen molar-refractivity contribution < 1.29 is 9.90 Å². The highest BCUT2D eigenvalue weighted by Crippen LogP contribution is 2.33. The number of benzene rings is 3. The van der Waals surface area contributed by atoms with Gasteiger partial charge in [0.05, 0.1) is 16.4 Å². The molecule has 0 radical (unpaired) electrons. The molecule has 0 fully saturated rings. The van der Waals surface area contributed by atoms with Crippen LogP contribution in [0.2, 0.25) is 5.02 Å². The Morgan fingerprint density at radius 2 is 1.83 bits per heavy atom. The van der Waals surface area contributed by atoms with Crippen molar-refractivity contribution in [1.82, 2.24) is 29.7 Å². The van der Waals surface area contributed by atoms with Crippen molar-refractivity contribution in [1.29, 1.82) is 0 Å². The van der Waals surface area contributed by atoms with E-state index in [2.05, 4.69) is 46.8 Å². The first kappa shape index (κ1) is 31.5. The number of aromatic hydroxyl groups is 1. The van der Waals surface area contributed by atoms with Crippen LogP contribution in [0.15, 0.2) is 101 Å². The largest absolute Gasteiger partial charge is 0.506 e. The number of hydrogen-bond donors (Lipinski definition) is 3. The monoisotopic (exact) mass is 669 g/mol. The maximum Gasteiger partial charge on any atom is 0.320 e. The quantitative estimate of drug-likeness (QED) is 0.135. The Morgan fingerprint density at radius 1 is 1.02 bits per heavy atom. The summed E-state index contributed by atoms with van der Waals surface area (Å²) in [4.78, 5) is 15.3. The molecular formula is C34H32ClN7O2S2. The molecule has 0 aliphatic carbocycles. The number of nitrogens with zero attached hydrogens (tertiary/aromatic N) is 5. The van der Waals surface area contributed by atoms with Gasteiger partial charge in [-0.05, 0) is 60.7 Å². The first-order chi connectivity index (χ1) is 22.3. The van der Waals surface area contributed by atoms with Gasteiger partial charge in [-0.1, -0.05) is 72.8 Å². The molecule has 46 heavy (non-hydrogen) atoms. The molecule has 3 aromatic heterocycles. The van der Waals surface area contributed by atoms with Crippen LogP contribution in [0, 0.1) is 6.92 Å². The minimum absolute atomic E-state index is 0.0225. The number of phenolic OH excluding ortho intramolecular Hbond substituents is 1. The van der Waals surface area contributed by atoms with Gasteiger partial charge < -0.3 is 10.4 Å². The molecule has 1 unspecified atom stereocenters. The highest BCUT2D eigenvalue weighted by Gasteiger charge is 2.18. The third kappa shape index (κ3) is 6.86. The topological polar surface area (TPSA) is 109 Å². The number of fused-ring (bicyclic) bond motifs is 1. The van der Waals surface area contributed by atoms with E-state index < -0.39 is 0 Å². The number of nitrogens with one attached hydrogen (secondary N) is 2. The van der Waals surface area contributed by atoms with Gasteiger partial charge in [0, 0.05) is 45.8 Å². The van der Waals surface area contributed by atoms with Crippen molar-refractivity contribution in [2.45, 2.75) is 36.1 Å². The molecule has 0 spiro atoms. The molecule has 0 aliphatic heterocycles. The van der Waals surface area contributed by atoms with Gasteiger partial charge in [-0.15, -0.1) is 10.2 Å². The Morgan fingerprint density at radius 3 is 2.63 bits per heavy atom. The van der Waals surface area contributed by atoms with Crippen molar-refractivity contribution in [2.24, 2.45) is 0 Å². The molecule has 2 amide bonds. The summed E-state index contributed by atoms with van der Waals surface area (Å²) in [5.41, 5.74) is 5.37. The fraction of sp³-hybridized carbons (Fsp3) is 0.176. The minimum atomic E-state index is -0.372. The van der Waals surface area contributed by atoms with Crippen LogP contribution in [-0.4, -0.2) is 47.5 Å². The fourth-order valence-corrected chi connectivity index (χ4v) is 6.85. The molecule has 9 nitrogen and oxygen atoms in total. The summed E-state index contributed by atoms with van der Waals surface area (Å²) in [6.45, 7) is 4.47. The van der Waals surface area contributed by atoms with E-state index in [0.717, 1.165) is 49.4 Å². The van der Waals surface area contributed by atoms with Crippen LogP contribution in [0.1, 0.15) is 29.7 Å². The third-order valence-electron chi connectivity index (χ3n) is 7.47. The Hall–Kier alpha value is -4.45. The lowest BCUT2D eigenvalue weighted by atomic mass is 10.1. The number of pyridine rings is 1. The minimum Gasteiger partial charge on any atom is -0.506 e. The van der Waals surface area contributed by atoms with Crippen LogP contribution in [0.4, 0.5) is 10.6 Å². The van der Waals surface area contributed by atoms with Crippen LogP contribution in [0.3, 0.4) is 0 Å². The molecule has 234 valence electrons. The van der Waals surface area contributed by atoms with Gasteiger partial charge in [0.1, 0.15) is 11.6 Å². The number of carbonyl (C=O) groups excluding carboxylic acids is 1. The number of aromatic nitrogens is 5. The molecular weight excluding hydrogens is 638 g/mol. The van der Waals surface area contributed by atoms with Crippen LogP contribution in [0.25, 0.3) is 22.7 Å². The standard InChI is InChI=1S/C34H32ClN7O2S2/c1-21-8-4-6-10-26(21)33-39-38-31-15-13-25(19-41(31)33)46-30-11-7-5-9-23(30)18-36-34(44)37-32-17-28(22(2)20-45-3)40-42(32)24-12-14-29(43)27(35)16-24/h4-17,19,22,43H,18,20H2,1-3H3,(H2,36,37,44). The molecule has 12 heteroatoms. The lowest BCUT2D eigenvalue weighted by Crippen LogP contribution is -2.29. The SMILES string of the molecule is CSCC(C)c1cc(NC(=O)NCc2ccccc2Sc2ccc3nnc(-c4ccccc4C)n3c2)n(-c2ccc(O)c(Cl)c2)n1. The van der Waals surface area contributed by atoms with Gasteiger partial charge >= 0.3 is 6.03 Å². The summed E-state index contributed by atoms with van der Waals surface area (Å²) in [6, 6.07) is 26.4. The number of rotatable bonds is 10. The first-order valence-electron chi connectivity index (χ1n) is 14.6. The number of phenols is 1. The van der Waals surface area contributed by atoms with E-state index in [1.807, 2.05) is 71.5 Å². The van der Waals surface area contributed by atoms with Crippen LogP contribution in [0.5, 0.6) is 5.75 Å². The summed E-state index contributed by atoms with van der Waals surface area (Å²) in [6.07, 6.45) is 4.09. The van der Waals surface area contributed by atoms with Gasteiger partial charge in [0.2, 0.25) is 0 Å². The van der Waals surface area contributed by atoms with E-state index in [1.54, 1.807) is 40.3 Å². The lowest BCUT2D eigenvalue weighted by Gasteiger charge is -2.13. The lowest BCUT2D eigenvalue weighted by molar-refractivity contribution is 0.251. The zero-order valence-corrected chi connectivity index (χ0v) is 27.8. The summed E-state index contributed by atoms with van der Waals surface area (Å²) in [5, 5.41) is 29.6. The molecule has 6 aromatic rings. The molecule has 1 atom stereocenters. The normalized spacial score (nSPS) is 11.9. The van der Waals surface area contributed by atoms with E-state index in [-0.39, 0.29) is 22.7 Å². The predicted octanol–water partition coefficient (Wildman–Crippen LogP) is 8.19. The molecule has 3 heterocycles. The van der Waals surface area contributed by atoms with Crippen molar-refractivity contribution >= 4 is 52.6 Å². The van der Waals surface area contributed by atoms with Gasteiger partial charge in [0.15, 0.2) is 11.5 Å². The first-order valence-corrected chi connectivity index (χ1v) is 17.2. The zero-order valence-electron chi connectivity index (χ0n) is 25.4. The highest BCUT2D eigenvalue weighted by atomic mass is 35.5. The van der Waals surface area contributed by atoms with Crippen molar-refractivity contribution in [3.63, 3.8) is 0 Å². The van der Waals surface area contributed by atoms with E-state index in [4.69, 9.17) is 16.7 Å². The molecule has 0 saturated heterocycles. The number of urea groups is 1. The Kier molecular flexibility index (Phi) is 9.53. The second-order valence-electron chi connectivity index (χ2n) is 10.8. The second-order valence-corrected chi connectivity index (χ2v) is 13.2. The number of halogens is 1. The van der Waals surface area contributed by atoms with E-state index in [0.29, 0.717) is 18.1 Å². The van der Waals surface area contributed by atoms with Gasteiger partial charge in [-0.2, -0.15) is 16.9 Å². The van der Waals surface area contributed by atoms with E-state index in [1.165, 1.54) is 6.07 Å². The average Bonchev–Trinajstić information content (AvgIpc) is 3.67. The summed E-state index contributed by atoms with van der Waals surface area (Å²) >= 11 is 9.53. The van der Waals surface area contributed by atoms with Gasteiger partial charge in [0.25, 0.3) is 0 Å². The molecule has 0 saturated carbocycles. The summed E-state index contributed by atoms with van der Waals surface area (Å²) in [5.74, 6) is 2.32. The Balaban J connectivity index is 1.19. The van der Waals surface area contributed by atoms with Crippen molar-refractivity contribution in [3.8, 4) is 22.8 Å². The zero-order chi connectivity index (χ0) is 32.2. The van der Waals surface area contributed by atoms with Crippen LogP contribution >= 0.6 is 35.1 Å². The second kappa shape index (κ2) is 13.9. The maximum atomic E-state index is 13.2. The number of carbonyl (C=O) groups is 1. The van der Waals surface area contributed by atoms with Crippen LogP contribution in [-0.2, 0) is 6.54 Å². The summed E-state index contributed by atoms with van der Waals surface area (Å²) < 4.78 is 3.64. The fourth-order valence-electron chi connectivity index (χ4n) is 5.04. The number of aryl methyl sites for hydroxylation is 1. The third-order valence-corrected chi connectivity index (χ3v) is 9.70. The predicted molar refractivity (Wildman–Crippen MR) is 187 cm³/mol. The van der Waals surface area contributed by atoms with Gasteiger partial charge in [-0.3, -0.25) is 9.72 Å². The molecule has 0 bridgehead atoms. The van der Waals surface area contributed by atoms with Crippen molar-refractivity contribution in [3.05, 3.63) is 113 Å². The molecule has 3 aromatic carbocycles. The maximum absolute atomic E-state index is 13.2. The smallest absolute Gasteiger partial charge is 0.320 e. The molecule has 0 aliphatic rings. The Labute approximate surface area is 280 Å². The average molecular weight is 670 g/mol. The summed E-state index contributed by atoms with van der Waals surface area (Å²) in [7, 11) is 0. The van der Waals surface area contributed by atoms with Gasteiger partial charge in [-0.25, -0.2) is 9.48 Å². The number of anilines is 1. The number of hydrogen-bond acceptors (Lipinski definition) is 7. The molecule has 6 rings (SSSR count). The number of thioether (sulfide) groups is 1. The van der Waals surface area contributed by atoms with E-state index in [9.17, 15) is 9.90 Å². The number of amides is 2.